The summed E-state index contributed by atoms with van der Waals surface area (Å²) in [5, 5.41) is 4.00. The first-order valence-corrected chi connectivity index (χ1v) is 7.95. The number of hydrogen-bond acceptors (Lipinski definition) is 3. The lowest BCUT2D eigenvalue weighted by Crippen LogP contribution is -2.17. The molecule has 3 rings (SSSR count). The molecule has 0 amide bonds. The van der Waals surface area contributed by atoms with E-state index in [0.717, 1.165) is 43.1 Å². The first-order valence-electron chi connectivity index (χ1n) is 7.07. The molecule has 0 atom stereocenters. The summed E-state index contributed by atoms with van der Waals surface area (Å²) < 4.78 is 19.0. The van der Waals surface area contributed by atoms with Gasteiger partial charge in [-0.2, -0.15) is 0 Å². The van der Waals surface area contributed by atoms with Crippen LogP contribution in [0.4, 0.5) is 4.39 Å². The molecule has 1 aromatic carbocycles. The van der Waals surface area contributed by atoms with Crippen LogP contribution >= 0.6 is 11.8 Å². The lowest BCUT2D eigenvalue weighted by Gasteiger charge is -2.21. The molecule has 1 saturated carbocycles. The van der Waals surface area contributed by atoms with E-state index in [9.17, 15) is 4.39 Å². The minimum Gasteiger partial charge on any atom is -0.381 e. The predicted molar refractivity (Wildman–Crippen MR) is 76.0 cm³/mol. The van der Waals surface area contributed by atoms with Gasteiger partial charge < -0.3 is 10.1 Å². The zero-order chi connectivity index (χ0) is 13.1. The van der Waals surface area contributed by atoms with Gasteiger partial charge in [0.2, 0.25) is 0 Å². The third-order valence-corrected chi connectivity index (χ3v) is 4.89. The molecule has 0 bridgehead atoms. The van der Waals surface area contributed by atoms with E-state index in [1.807, 2.05) is 0 Å². The van der Waals surface area contributed by atoms with Crippen LogP contribution in [0.5, 0.6) is 0 Å². The largest absolute Gasteiger partial charge is 0.381 e. The van der Waals surface area contributed by atoms with Gasteiger partial charge in [-0.15, -0.1) is 11.8 Å². The Morgan fingerprint density at radius 2 is 1.95 bits per heavy atom. The summed E-state index contributed by atoms with van der Waals surface area (Å²) in [6.07, 6.45) is 4.66. The molecule has 2 aliphatic rings. The van der Waals surface area contributed by atoms with E-state index in [2.05, 4.69) is 11.4 Å². The van der Waals surface area contributed by atoms with E-state index in [1.54, 1.807) is 23.9 Å². The Balaban J connectivity index is 1.62. The molecule has 104 valence electrons. The van der Waals surface area contributed by atoms with Crippen LogP contribution in [0.2, 0.25) is 0 Å². The average Bonchev–Trinajstić information content (AvgIpc) is 3.21. The van der Waals surface area contributed by atoms with Crippen LogP contribution in [0, 0.1) is 5.82 Å². The third kappa shape index (κ3) is 4.20. The fourth-order valence-electron chi connectivity index (χ4n) is 2.33. The second-order valence-electron chi connectivity index (χ2n) is 5.38. The van der Waals surface area contributed by atoms with Crippen molar-refractivity contribution in [3.8, 4) is 0 Å². The molecule has 0 radical (unpaired) electrons. The molecule has 2 fully saturated rings. The normalized spacial score (nSPS) is 20.7. The molecule has 1 aliphatic carbocycles. The van der Waals surface area contributed by atoms with Gasteiger partial charge in [-0.1, -0.05) is 0 Å². The molecule has 1 aromatic rings. The molecule has 0 unspecified atom stereocenters. The van der Waals surface area contributed by atoms with E-state index < -0.39 is 0 Å². The summed E-state index contributed by atoms with van der Waals surface area (Å²) in [6.45, 7) is 2.45. The molecule has 0 aromatic heterocycles. The highest BCUT2D eigenvalue weighted by Gasteiger charge is 2.20. The van der Waals surface area contributed by atoms with Gasteiger partial charge >= 0.3 is 0 Å². The molecule has 1 aliphatic heterocycles. The second kappa shape index (κ2) is 6.25. The van der Waals surface area contributed by atoms with Crippen LogP contribution in [-0.4, -0.2) is 24.5 Å². The Kier molecular flexibility index (Phi) is 4.41. The minimum atomic E-state index is -0.121. The van der Waals surface area contributed by atoms with Crippen molar-refractivity contribution in [1.82, 2.24) is 5.32 Å². The van der Waals surface area contributed by atoms with Crippen LogP contribution in [0.25, 0.3) is 0 Å². The number of hydrogen-bond donors (Lipinski definition) is 1. The Hall–Kier alpha value is -0.580. The summed E-state index contributed by atoms with van der Waals surface area (Å²) in [5.74, 6) is -0.121. The summed E-state index contributed by atoms with van der Waals surface area (Å²) in [4.78, 5) is 1.06. The molecular weight excluding hydrogens is 261 g/mol. The maximum atomic E-state index is 13.7. The highest BCUT2D eigenvalue weighted by atomic mass is 32.2. The molecule has 1 saturated heterocycles. The number of benzene rings is 1. The van der Waals surface area contributed by atoms with Crippen molar-refractivity contribution >= 4 is 11.8 Å². The Morgan fingerprint density at radius 3 is 2.68 bits per heavy atom. The number of rotatable bonds is 5. The molecule has 19 heavy (non-hydrogen) atoms. The summed E-state index contributed by atoms with van der Waals surface area (Å²) >= 11 is 1.79. The first kappa shape index (κ1) is 13.4. The minimum absolute atomic E-state index is 0.121. The van der Waals surface area contributed by atoms with E-state index in [0.29, 0.717) is 11.3 Å². The van der Waals surface area contributed by atoms with Crippen molar-refractivity contribution < 1.29 is 9.13 Å². The first-order chi connectivity index (χ1) is 9.29. The van der Waals surface area contributed by atoms with Gasteiger partial charge in [0, 0.05) is 35.9 Å². The topological polar surface area (TPSA) is 21.3 Å². The quantitative estimate of drug-likeness (QED) is 0.894. The number of nitrogens with one attached hydrogen (secondary N) is 1. The molecule has 4 heteroatoms. The monoisotopic (exact) mass is 281 g/mol. The maximum absolute atomic E-state index is 13.7. The van der Waals surface area contributed by atoms with Crippen LogP contribution in [-0.2, 0) is 11.3 Å². The van der Waals surface area contributed by atoms with Gasteiger partial charge in [-0.3, -0.25) is 0 Å². The van der Waals surface area contributed by atoms with Crippen LogP contribution in [0.3, 0.4) is 0 Å². The van der Waals surface area contributed by atoms with Crippen molar-refractivity contribution in [2.75, 3.05) is 13.2 Å². The van der Waals surface area contributed by atoms with Gasteiger partial charge in [0.05, 0.1) is 0 Å². The van der Waals surface area contributed by atoms with Gasteiger partial charge in [-0.25, -0.2) is 4.39 Å². The van der Waals surface area contributed by atoms with E-state index in [-0.39, 0.29) is 5.82 Å². The van der Waals surface area contributed by atoms with Crippen molar-refractivity contribution in [1.29, 1.82) is 0 Å². The smallest absolute Gasteiger partial charge is 0.124 e. The summed E-state index contributed by atoms with van der Waals surface area (Å²) in [7, 11) is 0. The molecule has 1 heterocycles. The fourth-order valence-corrected chi connectivity index (χ4v) is 3.54. The molecular formula is C15H20FNOS. The number of halogens is 1. The van der Waals surface area contributed by atoms with Crippen molar-refractivity contribution in [3.05, 3.63) is 29.6 Å². The van der Waals surface area contributed by atoms with E-state index in [1.165, 1.54) is 12.8 Å². The van der Waals surface area contributed by atoms with E-state index in [4.69, 9.17) is 4.74 Å². The van der Waals surface area contributed by atoms with Gasteiger partial charge in [0.1, 0.15) is 5.82 Å². The molecule has 2 nitrogen and oxygen atoms in total. The average molecular weight is 281 g/mol. The number of thioether (sulfide) groups is 1. The Morgan fingerprint density at radius 1 is 1.16 bits per heavy atom. The lowest BCUT2D eigenvalue weighted by molar-refractivity contribution is 0.100. The van der Waals surface area contributed by atoms with Crippen LogP contribution < -0.4 is 5.32 Å². The summed E-state index contributed by atoms with van der Waals surface area (Å²) in [6, 6.07) is 6.08. The molecule has 0 spiro atoms. The fraction of sp³-hybridized carbons (Fsp3) is 0.600. The lowest BCUT2D eigenvalue weighted by atomic mass is 10.2. The number of ether oxygens (including phenoxy) is 1. The Labute approximate surface area is 118 Å². The Bertz CT molecular complexity index is 430. The highest BCUT2D eigenvalue weighted by molar-refractivity contribution is 8.00. The molecule has 1 N–H and O–H groups in total. The zero-order valence-corrected chi connectivity index (χ0v) is 11.8. The highest BCUT2D eigenvalue weighted by Crippen LogP contribution is 2.31. The van der Waals surface area contributed by atoms with Crippen molar-refractivity contribution in [2.45, 2.75) is 48.4 Å². The van der Waals surface area contributed by atoms with Crippen LogP contribution in [0.1, 0.15) is 31.2 Å². The maximum Gasteiger partial charge on any atom is 0.124 e. The van der Waals surface area contributed by atoms with E-state index >= 15 is 0 Å². The SMILES string of the molecule is Fc1cc(CNC2CC2)cc(SC2CCOCC2)c1. The van der Waals surface area contributed by atoms with Gasteiger partial charge in [0.25, 0.3) is 0 Å². The van der Waals surface area contributed by atoms with Gasteiger partial charge in [-0.05, 0) is 49.4 Å². The van der Waals surface area contributed by atoms with Crippen molar-refractivity contribution in [2.24, 2.45) is 0 Å². The standard InChI is InChI=1S/C15H20FNOS/c16-12-7-11(10-17-13-1-2-13)8-15(9-12)19-14-3-5-18-6-4-14/h7-9,13-14,17H,1-6,10H2. The van der Waals surface area contributed by atoms with Crippen LogP contribution in [0.15, 0.2) is 23.1 Å². The van der Waals surface area contributed by atoms with Crippen molar-refractivity contribution in [3.63, 3.8) is 0 Å². The predicted octanol–water partition coefficient (Wildman–Crippen LogP) is 3.35. The third-order valence-electron chi connectivity index (χ3n) is 3.57. The van der Waals surface area contributed by atoms with Gasteiger partial charge in [0.15, 0.2) is 0 Å². The zero-order valence-electron chi connectivity index (χ0n) is 11.0. The summed E-state index contributed by atoms with van der Waals surface area (Å²) in [5.41, 5.74) is 1.06. The second-order valence-corrected chi connectivity index (χ2v) is 6.75.